The molecule has 2 unspecified atom stereocenters. The van der Waals surface area contributed by atoms with Gasteiger partial charge in [0.15, 0.2) is 0 Å². The van der Waals surface area contributed by atoms with Gasteiger partial charge in [0, 0.05) is 12.1 Å². The summed E-state index contributed by atoms with van der Waals surface area (Å²) in [5, 5.41) is 0. The summed E-state index contributed by atoms with van der Waals surface area (Å²) in [6, 6.07) is -0.0858. The van der Waals surface area contributed by atoms with Crippen LogP contribution in [0.1, 0.15) is 51.4 Å². The van der Waals surface area contributed by atoms with Crippen molar-refractivity contribution in [2.45, 2.75) is 75.8 Å². The molecule has 2 aliphatic rings. The Hall–Kier alpha value is -0.220. The van der Waals surface area contributed by atoms with Crippen molar-refractivity contribution in [3.63, 3.8) is 0 Å². The molecule has 2 aliphatic carbocycles. The molecule has 106 valence electrons. The quantitative estimate of drug-likeness (QED) is 0.819. The van der Waals surface area contributed by atoms with Gasteiger partial charge in [-0.1, -0.05) is 0 Å². The van der Waals surface area contributed by atoms with Gasteiger partial charge < -0.3 is 11.5 Å². The number of rotatable bonds is 3. The highest BCUT2D eigenvalue weighted by molar-refractivity contribution is 4.91. The Kier molecular flexibility index (Phi) is 4.96. The Morgan fingerprint density at radius 2 is 0.889 bits per heavy atom. The van der Waals surface area contributed by atoms with Crippen LogP contribution in [0, 0.1) is 11.8 Å². The summed E-state index contributed by atoms with van der Waals surface area (Å²) >= 11 is 0. The Labute approximate surface area is 108 Å². The highest BCUT2D eigenvalue weighted by Gasteiger charge is 2.34. The highest BCUT2D eigenvalue weighted by atomic mass is 19.1. The molecule has 0 heterocycles. The minimum atomic E-state index is -0.647. The summed E-state index contributed by atoms with van der Waals surface area (Å²) in [6.07, 6.45) is 4.64. The molecule has 2 fully saturated rings. The van der Waals surface area contributed by atoms with Gasteiger partial charge in [0.25, 0.3) is 0 Å². The summed E-state index contributed by atoms with van der Waals surface area (Å²) in [5.41, 5.74) is 12.5. The fourth-order valence-corrected chi connectivity index (χ4v) is 3.56. The van der Waals surface area contributed by atoms with E-state index in [9.17, 15) is 8.78 Å². The predicted octanol–water partition coefficient (Wildman–Crippen LogP) is 2.70. The minimum Gasteiger partial charge on any atom is -0.326 e. The topological polar surface area (TPSA) is 52.0 Å². The van der Waals surface area contributed by atoms with Gasteiger partial charge in [0.2, 0.25) is 0 Å². The standard InChI is InChI=1S/C14H26F2N2/c15-11-5-1-9(2-6-11)13(17)14(18)10-3-7-12(16)8-4-10/h9-14H,1-8,17-18H2. The van der Waals surface area contributed by atoms with Gasteiger partial charge in [-0.2, -0.15) is 0 Å². The maximum absolute atomic E-state index is 13.1. The van der Waals surface area contributed by atoms with Gasteiger partial charge in [0.05, 0.1) is 0 Å². The molecule has 0 aromatic carbocycles. The molecule has 2 rings (SSSR count). The van der Waals surface area contributed by atoms with Crippen LogP contribution in [0.25, 0.3) is 0 Å². The van der Waals surface area contributed by atoms with E-state index in [4.69, 9.17) is 11.5 Å². The van der Waals surface area contributed by atoms with E-state index in [2.05, 4.69) is 0 Å². The molecule has 4 heteroatoms. The summed E-state index contributed by atoms with van der Waals surface area (Å²) in [7, 11) is 0. The molecule has 0 spiro atoms. The summed E-state index contributed by atoms with van der Waals surface area (Å²) in [6.45, 7) is 0. The molecule has 2 nitrogen and oxygen atoms in total. The highest BCUT2D eigenvalue weighted by Crippen LogP contribution is 2.33. The summed E-state index contributed by atoms with van der Waals surface area (Å²) < 4.78 is 26.2. The molecular formula is C14H26F2N2. The maximum Gasteiger partial charge on any atom is 0.100 e. The summed E-state index contributed by atoms with van der Waals surface area (Å²) in [5.74, 6) is 0.713. The van der Waals surface area contributed by atoms with Crippen molar-refractivity contribution in [3.8, 4) is 0 Å². The SMILES string of the molecule is NC(C1CCC(F)CC1)C(N)C1CCC(F)CC1. The molecular weight excluding hydrogens is 234 g/mol. The lowest BCUT2D eigenvalue weighted by atomic mass is 9.74. The van der Waals surface area contributed by atoms with Crippen LogP contribution in [0.4, 0.5) is 8.78 Å². The summed E-state index contributed by atoms with van der Waals surface area (Å²) in [4.78, 5) is 0. The lowest BCUT2D eigenvalue weighted by Crippen LogP contribution is -2.52. The van der Waals surface area contributed by atoms with Crippen LogP contribution in [0.15, 0.2) is 0 Å². The van der Waals surface area contributed by atoms with Crippen LogP contribution in [0.2, 0.25) is 0 Å². The van der Waals surface area contributed by atoms with Crippen molar-refractivity contribution < 1.29 is 8.78 Å². The van der Waals surface area contributed by atoms with E-state index < -0.39 is 12.3 Å². The van der Waals surface area contributed by atoms with Crippen LogP contribution in [0.5, 0.6) is 0 Å². The lowest BCUT2D eigenvalue weighted by molar-refractivity contribution is 0.143. The van der Waals surface area contributed by atoms with Crippen molar-refractivity contribution in [1.82, 2.24) is 0 Å². The molecule has 0 radical (unpaired) electrons. The smallest absolute Gasteiger partial charge is 0.100 e. The van der Waals surface area contributed by atoms with Gasteiger partial charge in [-0.3, -0.25) is 0 Å². The molecule has 0 aromatic heterocycles. The Morgan fingerprint density at radius 3 is 1.17 bits per heavy atom. The Bertz CT molecular complexity index is 220. The van der Waals surface area contributed by atoms with Crippen LogP contribution >= 0.6 is 0 Å². The molecule has 2 atom stereocenters. The number of alkyl halides is 2. The first kappa shape index (κ1) is 14.2. The fourth-order valence-electron chi connectivity index (χ4n) is 3.56. The van der Waals surface area contributed by atoms with Crippen LogP contribution in [-0.2, 0) is 0 Å². The second-order valence-corrected chi connectivity index (χ2v) is 6.18. The first-order valence-corrected chi connectivity index (χ1v) is 7.37. The van der Waals surface area contributed by atoms with Gasteiger partial charge in [-0.15, -0.1) is 0 Å². The molecule has 0 aliphatic heterocycles. The van der Waals surface area contributed by atoms with E-state index in [1.807, 2.05) is 0 Å². The number of halogens is 2. The second-order valence-electron chi connectivity index (χ2n) is 6.18. The Morgan fingerprint density at radius 1 is 0.611 bits per heavy atom. The van der Waals surface area contributed by atoms with Crippen molar-refractivity contribution in [3.05, 3.63) is 0 Å². The zero-order valence-corrected chi connectivity index (χ0v) is 11.0. The van der Waals surface area contributed by atoms with Crippen molar-refractivity contribution in [2.24, 2.45) is 23.3 Å². The van der Waals surface area contributed by atoms with E-state index in [1.165, 1.54) is 0 Å². The molecule has 0 saturated heterocycles. The average Bonchev–Trinajstić information content (AvgIpc) is 2.39. The predicted molar refractivity (Wildman–Crippen MR) is 69.7 cm³/mol. The molecule has 0 amide bonds. The van der Waals surface area contributed by atoms with Crippen molar-refractivity contribution in [2.75, 3.05) is 0 Å². The van der Waals surface area contributed by atoms with Gasteiger partial charge in [0.1, 0.15) is 12.3 Å². The molecule has 4 N–H and O–H groups in total. The van der Waals surface area contributed by atoms with Crippen LogP contribution < -0.4 is 11.5 Å². The third-order valence-electron chi connectivity index (χ3n) is 4.94. The zero-order chi connectivity index (χ0) is 13.1. The van der Waals surface area contributed by atoms with E-state index in [-0.39, 0.29) is 12.1 Å². The number of hydrogen-bond acceptors (Lipinski definition) is 2. The minimum absolute atomic E-state index is 0.0429. The largest absolute Gasteiger partial charge is 0.326 e. The monoisotopic (exact) mass is 260 g/mol. The number of nitrogens with two attached hydrogens (primary N) is 2. The molecule has 18 heavy (non-hydrogen) atoms. The first-order valence-electron chi connectivity index (χ1n) is 7.37. The lowest BCUT2D eigenvalue weighted by Gasteiger charge is -2.38. The van der Waals surface area contributed by atoms with E-state index >= 15 is 0 Å². The van der Waals surface area contributed by atoms with E-state index in [0.29, 0.717) is 37.5 Å². The van der Waals surface area contributed by atoms with Gasteiger partial charge >= 0.3 is 0 Å². The molecule has 2 saturated carbocycles. The van der Waals surface area contributed by atoms with Crippen molar-refractivity contribution in [1.29, 1.82) is 0 Å². The molecule has 0 bridgehead atoms. The van der Waals surface area contributed by atoms with Gasteiger partial charge in [-0.25, -0.2) is 8.78 Å². The maximum atomic E-state index is 13.1. The first-order chi connectivity index (χ1) is 8.58. The van der Waals surface area contributed by atoms with Crippen LogP contribution in [0.3, 0.4) is 0 Å². The third kappa shape index (κ3) is 3.41. The zero-order valence-electron chi connectivity index (χ0n) is 11.0. The second kappa shape index (κ2) is 6.29. The number of hydrogen-bond donors (Lipinski definition) is 2. The normalized spacial score (nSPS) is 41.3. The van der Waals surface area contributed by atoms with Gasteiger partial charge in [-0.05, 0) is 63.2 Å². The van der Waals surface area contributed by atoms with Crippen molar-refractivity contribution >= 4 is 0 Å². The third-order valence-corrected chi connectivity index (χ3v) is 4.94. The Balaban J connectivity index is 1.82. The molecule has 0 aromatic rings. The van der Waals surface area contributed by atoms with E-state index in [0.717, 1.165) is 25.7 Å². The average molecular weight is 260 g/mol. The fraction of sp³-hybridized carbons (Fsp3) is 1.00. The van der Waals surface area contributed by atoms with Crippen LogP contribution in [-0.4, -0.2) is 24.4 Å². The van der Waals surface area contributed by atoms with E-state index in [1.54, 1.807) is 0 Å².